The number of rotatable bonds is 0. The number of halogens is 2. The van der Waals surface area contributed by atoms with Gasteiger partial charge in [0.15, 0.2) is 0 Å². The zero-order valence-electron chi connectivity index (χ0n) is 7.35. The smallest absolute Gasteiger partial charge is 0.0931 e. The van der Waals surface area contributed by atoms with Crippen molar-refractivity contribution in [2.45, 2.75) is 47.5 Å². The van der Waals surface area contributed by atoms with Crippen molar-refractivity contribution in [2.75, 3.05) is 0 Å². The lowest BCUT2D eigenvalue weighted by Crippen LogP contribution is -2.19. The first-order valence-electron chi connectivity index (χ1n) is 5.16. The Hall–Kier alpha value is 0.920. The van der Waals surface area contributed by atoms with Crippen molar-refractivity contribution >= 4 is 31.9 Å². The van der Waals surface area contributed by atoms with Gasteiger partial charge in [-0.3, -0.25) is 0 Å². The van der Waals surface area contributed by atoms with Crippen molar-refractivity contribution in [3.63, 3.8) is 0 Å². The van der Waals surface area contributed by atoms with Crippen LogP contribution < -0.4 is 0 Å². The molecule has 72 valence electrons. The zero-order chi connectivity index (χ0) is 8.90. The van der Waals surface area contributed by atoms with Crippen molar-refractivity contribution in [2.24, 2.45) is 10.8 Å². The van der Waals surface area contributed by atoms with E-state index in [1.54, 1.807) is 0 Å². The maximum atomic E-state index is 5.66. The Morgan fingerprint density at radius 2 is 1.54 bits per heavy atom. The summed E-state index contributed by atoms with van der Waals surface area (Å²) in [5.41, 5.74) is 1.11. The summed E-state index contributed by atoms with van der Waals surface area (Å²) in [4.78, 5) is 0. The molecule has 4 aliphatic rings. The number of hydrogen-bond donors (Lipinski definition) is 0. The first kappa shape index (κ1) is 8.12. The van der Waals surface area contributed by atoms with Crippen LogP contribution in [0.25, 0.3) is 0 Å². The number of hydrogen-bond acceptors (Lipinski definition) is 1. The van der Waals surface area contributed by atoms with Gasteiger partial charge in [-0.05, 0) is 25.7 Å². The summed E-state index contributed by atoms with van der Waals surface area (Å²) in [7, 11) is 0. The minimum atomic E-state index is 0.273. The number of fused-ring (bicyclic) bond motifs is 1. The van der Waals surface area contributed by atoms with E-state index in [4.69, 9.17) is 4.74 Å². The number of alkyl halides is 2. The van der Waals surface area contributed by atoms with Gasteiger partial charge in [0.05, 0.1) is 15.4 Å². The van der Waals surface area contributed by atoms with E-state index in [0.717, 1.165) is 0 Å². The lowest BCUT2D eigenvalue weighted by atomic mass is 9.82. The summed E-state index contributed by atoms with van der Waals surface area (Å²) in [6, 6.07) is 0. The van der Waals surface area contributed by atoms with Gasteiger partial charge in [0.2, 0.25) is 0 Å². The quantitative estimate of drug-likeness (QED) is 0.494. The molecule has 3 heteroatoms. The highest BCUT2D eigenvalue weighted by Gasteiger charge is 2.89. The van der Waals surface area contributed by atoms with Crippen LogP contribution in [0.5, 0.6) is 0 Å². The summed E-state index contributed by atoms with van der Waals surface area (Å²) < 4.78 is 5.93. The van der Waals surface area contributed by atoms with Gasteiger partial charge in [-0.1, -0.05) is 38.3 Å². The van der Waals surface area contributed by atoms with Crippen LogP contribution in [0.3, 0.4) is 0 Å². The minimum Gasteiger partial charge on any atom is -0.370 e. The SMILES string of the molecule is BrC1(Br)[C@@]23CCC[C@@]12C[C@H]1O[C@@H]1C3. The van der Waals surface area contributed by atoms with Gasteiger partial charge in [0.25, 0.3) is 0 Å². The molecule has 13 heavy (non-hydrogen) atoms. The van der Waals surface area contributed by atoms with E-state index in [0.29, 0.717) is 23.0 Å². The van der Waals surface area contributed by atoms with Crippen molar-refractivity contribution in [3.8, 4) is 0 Å². The van der Waals surface area contributed by atoms with Crippen molar-refractivity contribution in [1.82, 2.24) is 0 Å². The Morgan fingerprint density at radius 3 is 2.08 bits per heavy atom. The standard InChI is InChI=1S/C10H12Br2O/c11-10(12)8-2-1-3-9(8,10)5-7-6(4-8)13-7/h6-7H,1-5H2/t6-,7-,8-,9+/m1/s1. The molecule has 4 atom stereocenters. The third kappa shape index (κ3) is 0.618. The first-order valence-corrected chi connectivity index (χ1v) is 6.75. The van der Waals surface area contributed by atoms with Crippen LogP contribution in [0.4, 0.5) is 0 Å². The van der Waals surface area contributed by atoms with Crippen LogP contribution in [0.2, 0.25) is 0 Å². The van der Waals surface area contributed by atoms with Crippen LogP contribution in [0, 0.1) is 10.8 Å². The lowest BCUT2D eigenvalue weighted by Gasteiger charge is -2.18. The summed E-state index contributed by atoms with van der Waals surface area (Å²) in [6.45, 7) is 0. The van der Waals surface area contributed by atoms with Gasteiger partial charge in [-0.15, -0.1) is 0 Å². The molecule has 0 aromatic carbocycles. The van der Waals surface area contributed by atoms with Gasteiger partial charge >= 0.3 is 0 Å². The van der Waals surface area contributed by atoms with Crippen LogP contribution in [-0.2, 0) is 4.74 Å². The Labute approximate surface area is 94.8 Å². The molecule has 0 aromatic heterocycles. The van der Waals surface area contributed by atoms with Crippen LogP contribution in [0.15, 0.2) is 0 Å². The Morgan fingerprint density at radius 1 is 1.00 bits per heavy atom. The fourth-order valence-electron chi connectivity index (χ4n) is 4.30. The van der Waals surface area contributed by atoms with Gasteiger partial charge in [0.1, 0.15) is 0 Å². The molecular weight excluding hydrogens is 296 g/mol. The molecule has 1 heterocycles. The van der Waals surface area contributed by atoms with Crippen LogP contribution in [0.1, 0.15) is 32.1 Å². The Bertz CT molecular complexity index is 277. The van der Waals surface area contributed by atoms with E-state index in [1.165, 1.54) is 32.1 Å². The van der Waals surface area contributed by atoms with Crippen molar-refractivity contribution < 1.29 is 4.74 Å². The van der Waals surface area contributed by atoms with Crippen molar-refractivity contribution in [3.05, 3.63) is 0 Å². The summed E-state index contributed by atoms with van der Waals surface area (Å²) in [5.74, 6) is 0. The number of epoxide rings is 1. The van der Waals surface area contributed by atoms with E-state index in [9.17, 15) is 0 Å². The summed E-state index contributed by atoms with van der Waals surface area (Å²) in [6.07, 6.45) is 8.05. The highest BCUT2D eigenvalue weighted by atomic mass is 79.9. The maximum absolute atomic E-state index is 5.66. The van der Waals surface area contributed by atoms with Gasteiger partial charge < -0.3 is 4.74 Å². The fraction of sp³-hybridized carbons (Fsp3) is 1.00. The molecule has 1 saturated heterocycles. The van der Waals surface area contributed by atoms with E-state index in [2.05, 4.69) is 31.9 Å². The average molecular weight is 308 g/mol. The highest BCUT2D eigenvalue weighted by Crippen LogP contribution is 2.91. The van der Waals surface area contributed by atoms with Gasteiger partial charge in [-0.25, -0.2) is 0 Å². The summed E-state index contributed by atoms with van der Waals surface area (Å²) >= 11 is 7.83. The maximum Gasteiger partial charge on any atom is 0.0931 e. The lowest BCUT2D eigenvalue weighted by molar-refractivity contribution is 0.309. The van der Waals surface area contributed by atoms with E-state index < -0.39 is 0 Å². The normalized spacial score (nSPS) is 65.1. The second-order valence-corrected chi connectivity index (χ2v) is 8.66. The fourth-order valence-corrected chi connectivity index (χ4v) is 7.06. The topological polar surface area (TPSA) is 12.5 Å². The molecule has 0 bridgehead atoms. The van der Waals surface area contributed by atoms with Crippen LogP contribution >= 0.6 is 31.9 Å². The Balaban J connectivity index is 1.84. The first-order chi connectivity index (χ1) is 6.13. The second-order valence-electron chi connectivity index (χ2n) is 5.21. The highest BCUT2D eigenvalue weighted by molar-refractivity contribution is 9.25. The molecule has 0 N–H and O–H groups in total. The third-order valence-corrected chi connectivity index (χ3v) is 8.09. The van der Waals surface area contributed by atoms with E-state index in [-0.39, 0.29) is 3.23 Å². The molecule has 0 aromatic rings. The van der Waals surface area contributed by atoms with Gasteiger partial charge in [0, 0.05) is 10.8 Å². The van der Waals surface area contributed by atoms with Crippen molar-refractivity contribution in [1.29, 1.82) is 0 Å². The molecule has 3 saturated carbocycles. The molecule has 3 aliphatic carbocycles. The summed E-state index contributed by atoms with van der Waals surface area (Å²) in [5, 5.41) is 0. The molecule has 0 spiro atoms. The molecule has 1 nitrogen and oxygen atoms in total. The predicted octanol–water partition coefficient (Wildman–Crippen LogP) is 3.20. The monoisotopic (exact) mass is 306 g/mol. The molecule has 1 aliphatic heterocycles. The van der Waals surface area contributed by atoms with Gasteiger partial charge in [-0.2, -0.15) is 0 Å². The van der Waals surface area contributed by atoms with E-state index in [1.807, 2.05) is 0 Å². The predicted molar refractivity (Wildman–Crippen MR) is 57.2 cm³/mol. The van der Waals surface area contributed by atoms with Crippen LogP contribution in [-0.4, -0.2) is 15.4 Å². The Kier molecular flexibility index (Phi) is 1.20. The largest absolute Gasteiger partial charge is 0.370 e. The number of ether oxygens (including phenoxy) is 1. The average Bonchev–Trinajstić information content (AvgIpc) is 2.78. The second kappa shape index (κ2) is 1.92. The third-order valence-electron chi connectivity index (χ3n) is 5.05. The molecule has 0 amide bonds. The minimum absolute atomic E-state index is 0.273. The molecule has 4 fully saturated rings. The molecule has 4 rings (SSSR count). The molecule has 0 radical (unpaired) electrons. The zero-order valence-corrected chi connectivity index (χ0v) is 10.5. The molecule has 0 unspecified atom stereocenters. The molecular formula is C10H12Br2O. The van der Waals surface area contributed by atoms with E-state index >= 15 is 0 Å².